The van der Waals surface area contributed by atoms with Gasteiger partial charge >= 0.3 is 0 Å². The van der Waals surface area contributed by atoms with Gasteiger partial charge in [0.2, 0.25) is 0 Å². The van der Waals surface area contributed by atoms with Crippen molar-refractivity contribution in [2.45, 2.75) is 6.42 Å². The lowest BCUT2D eigenvalue weighted by molar-refractivity contribution is 0.154. The van der Waals surface area contributed by atoms with Crippen LogP contribution in [0.15, 0.2) is 22.5 Å². The van der Waals surface area contributed by atoms with E-state index < -0.39 is 9.84 Å². The van der Waals surface area contributed by atoms with Gasteiger partial charge in [-0.25, -0.2) is 8.42 Å². The quantitative estimate of drug-likeness (QED) is 0.250. The summed E-state index contributed by atoms with van der Waals surface area (Å²) in [4.78, 5) is 5.45. The van der Waals surface area contributed by atoms with Crippen molar-refractivity contribution in [1.82, 2.24) is 10.6 Å². The van der Waals surface area contributed by atoms with Crippen molar-refractivity contribution in [3.63, 3.8) is 0 Å². The van der Waals surface area contributed by atoms with E-state index in [0.717, 1.165) is 18.9 Å². The molecule has 1 rings (SSSR count). The molecule has 6 nitrogen and oxygen atoms in total. The van der Waals surface area contributed by atoms with Gasteiger partial charge in [0.1, 0.15) is 9.84 Å². The Hall–Kier alpha value is -0.390. The maximum atomic E-state index is 10.9. The number of guanidine groups is 1. The van der Waals surface area contributed by atoms with E-state index in [9.17, 15) is 8.42 Å². The molecule has 1 aromatic rings. The molecule has 2 N–H and O–H groups in total. The van der Waals surface area contributed by atoms with Crippen LogP contribution in [0.1, 0.15) is 4.88 Å². The van der Waals surface area contributed by atoms with Gasteiger partial charge in [0.25, 0.3) is 0 Å². The lowest BCUT2D eigenvalue weighted by Crippen LogP contribution is -2.39. The second-order valence-corrected chi connectivity index (χ2v) is 7.79. The first kappa shape index (κ1) is 21.6. The lowest BCUT2D eigenvalue weighted by atomic mass is 10.3. The number of nitrogens with one attached hydrogen (secondary N) is 2. The van der Waals surface area contributed by atoms with Crippen LogP contribution in [0.2, 0.25) is 0 Å². The summed E-state index contributed by atoms with van der Waals surface area (Å²) < 4.78 is 27.1. The van der Waals surface area contributed by atoms with Crippen molar-refractivity contribution in [2.24, 2.45) is 4.99 Å². The first-order chi connectivity index (χ1) is 10.0. The molecule has 0 saturated heterocycles. The minimum atomic E-state index is -2.95. The molecule has 0 unspecified atom stereocenters. The van der Waals surface area contributed by atoms with Crippen molar-refractivity contribution in [3.05, 3.63) is 22.4 Å². The first-order valence-corrected chi connectivity index (χ1v) is 9.67. The van der Waals surface area contributed by atoms with E-state index in [2.05, 4.69) is 27.1 Å². The van der Waals surface area contributed by atoms with Crippen LogP contribution in [0, 0.1) is 0 Å². The third kappa shape index (κ3) is 11.2. The lowest BCUT2D eigenvalue weighted by Gasteiger charge is -2.11. The summed E-state index contributed by atoms with van der Waals surface area (Å²) >= 11 is 1.74. The molecule has 0 radical (unpaired) electrons. The van der Waals surface area contributed by atoms with Crippen molar-refractivity contribution in [3.8, 4) is 0 Å². The number of rotatable bonds is 9. The molecule has 0 aliphatic heterocycles. The third-order valence-electron chi connectivity index (χ3n) is 2.60. The Bertz CT molecular complexity index is 519. The molecule has 0 atom stereocenters. The van der Waals surface area contributed by atoms with Gasteiger partial charge in [-0.2, -0.15) is 0 Å². The van der Waals surface area contributed by atoms with Crippen LogP contribution in [-0.4, -0.2) is 59.7 Å². The number of nitrogens with zero attached hydrogens (tertiary/aromatic N) is 1. The topological polar surface area (TPSA) is 79.8 Å². The molecule has 22 heavy (non-hydrogen) atoms. The maximum absolute atomic E-state index is 10.9. The standard InChI is InChI=1S/C13H23N3O3S2.HI/c1-14-13(15-6-5-12-4-3-10-20-12)16-7-8-19-9-11-21(2,17)18;/h3-4,10H,5-9,11H2,1-2H3,(H2,14,15,16);1H. The average molecular weight is 461 g/mol. The monoisotopic (exact) mass is 461 g/mol. The normalized spacial score (nSPS) is 11.8. The highest BCUT2D eigenvalue weighted by Crippen LogP contribution is 2.07. The highest BCUT2D eigenvalue weighted by Gasteiger charge is 2.01. The SMILES string of the molecule is CN=C(NCCOCCS(C)(=O)=O)NCCc1cccs1.I. The van der Waals surface area contributed by atoms with E-state index in [1.807, 2.05) is 6.07 Å². The molecule has 128 valence electrons. The summed E-state index contributed by atoms with van der Waals surface area (Å²) in [6.45, 7) is 2.07. The average Bonchev–Trinajstić information content (AvgIpc) is 2.92. The highest BCUT2D eigenvalue weighted by atomic mass is 127. The molecular formula is C13H24IN3O3S2. The second-order valence-electron chi connectivity index (χ2n) is 4.50. The number of sulfone groups is 1. The minimum absolute atomic E-state index is 0. The molecule has 0 saturated carbocycles. The van der Waals surface area contributed by atoms with Crippen LogP contribution in [0.3, 0.4) is 0 Å². The Morgan fingerprint density at radius 2 is 2.05 bits per heavy atom. The molecule has 1 heterocycles. The van der Waals surface area contributed by atoms with E-state index in [4.69, 9.17) is 4.74 Å². The van der Waals surface area contributed by atoms with E-state index in [1.165, 1.54) is 11.1 Å². The molecule has 0 bridgehead atoms. The number of halogens is 1. The Balaban J connectivity index is 0.00000441. The molecule has 0 amide bonds. The summed E-state index contributed by atoms with van der Waals surface area (Å²) in [7, 11) is -1.23. The fourth-order valence-corrected chi connectivity index (χ4v) is 2.66. The van der Waals surface area contributed by atoms with Crippen molar-refractivity contribution < 1.29 is 13.2 Å². The Morgan fingerprint density at radius 1 is 1.32 bits per heavy atom. The fourth-order valence-electron chi connectivity index (χ4n) is 1.53. The smallest absolute Gasteiger partial charge is 0.191 e. The summed E-state index contributed by atoms with van der Waals surface area (Å²) in [5.41, 5.74) is 0. The maximum Gasteiger partial charge on any atom is 0.191 e. The zero-order valence-electron chi connectivity index (χ0n) is 12.9. The van der Waals surface area contributed by atoms with Gasteiger partial charge in [-0.3, -0.25) is 4.99 Å². The largest absolute Gasteiger partial charge is 0.379 e. The van der Waals surface area contributed by atoms with Crippen molar-refractivity contribution in [1.29, 1.82) is 0 Å². The van der Waals surface area contributed by atoms with Crippen LogP contribution >= 0.6 is 35.3 Å². The van der Waals surface area contributed by atoms with Gasteiger partial charge in [-0.05, 0) is 17.9 Å². The Morgan fingerprint density at radius 3 is 2.64 bits per heavy atom. The summed E-state index contributed by atoms with van der Waals surface area (Å²) in [5.74, 6) is 0.777. The van der Waals surface area contributed by atoms with Gasteiger partial charge in [0, 0.05) is 31.3 Å². The summed E-state index contributed by atoms with van der Waals surface area (Å²) in [6, 6.07) is 4.15. The number of ether oxygens (including phenoxy) is 1. The van der Waals surface area contributed by atoms with Crippen LogP contribution in [0.5, 0.6) is 0 Å². The fraction of sp³-hybridized carbons (Fsp3) is 0.615. The molecule has 0 aromatic carbocycles. The predicted molar refractivity (Wildman–Crippen MR) is 103 cm³/mol. The molecule has 1 aromatic heterocycles. The molecule has 0 fully saturated rings. The number of thiophene rings is 1. The second kappa shape index (κ2) is 12.1. The zero-order chi connectivity index (χ0) is 15.6. The zero-order valence-corrected chi connectivity index (χ0v) is 16.8. The van der Waals surface area contributed by atoms with Gasteiger partial charge in [0.05, 0.1) is 19.0 Å². The van der Waals surface area contributed by atoms with E-state index in [1.54, 1.807) is 18.4 Å². The van der Waals surface area contributed by atoms with Gasteiger partial charge in [0.15, 0.2) is 5.96 Å². The van der Waals surface area contributed by atoms with Crippen LogP contribution in [0.4, 0.5) is 0 Å². The van der Waals surface area contributed by atoms with E-state index in [-0.39, 0.29) is 36.3 Å². The van der Waals surface area contributed by atoms with Crippen LogP contribution in [0.25, 0.3) is 0 Å². The Kier molecular flexibility index (Phi) is 11.9. The third-order valence-corrected chi connectivity index (χ3v) is 4.45. The van der Waals surface area contributed by atoms with Crippen LogP contribution < -0.4 is 10.6 Å². The minimum Gasteiger partial charge on any atom is -0.379 e. The molecular weight excluding hydrogens is 437 g/mol. The molecule has 0 aliphatic carbocycles. The number of hydrogen-bond acceptors (Lipinski definition) is 5. The van der Waals surface area contributed by atoms with E-state index in [0.29, 0.717) is 13.2 Å². The summed E-state index contributed by atoms with van der Waals surface area (Å²) in [6.07, 6.45) is 2.16. The van der Waals surface area contributed by atoms with Crippen molar-refractivity contribution in [2.75, 3.05) is 45.4 Å². The predicted octanol–water partition coefficient (Wildman–Crippen LogP) is 1.13. The molecule has 0 spiro atoms. The van der Waals surface area contributed by atoms with Gasteiger partial charge in [-0.15, -0.1) is 35.3 Å². The number of hydrogen-bond donors (Lipinski definition) is 2. The van der Waals surface area contributed by atoms with Crippen molar-refractivity contribution >= 4 is 51.1 Å². The van der Waals surface area contributed by atoms with Crippen LogP contribution in [-0.2, 0) is 21.0 Å². The Labute approximate surface area is 153 Å². The first-order valence-electron chi connectivity index (χ1n) is 6.73. The van der Waals surface area contributed by atoms with Gasteiger partial charge in [-0.1, -0.05) is 6.07 Å². The summed E-state index contributed by atoms with van der Waals surface area (Å²) in [5, 5.41) is 8.40. The van der Waals surface area contributed by atoms with E-state index >= 15 is 0 Å². The number of aliphatic imine (C=N–C) groups is 1. The molecule has 9 heteroatoms. The highest BCUT2D eigenvalue weighted by molar-refractivity contribution is 14.0. The molecule has 0 aliphatic rings. The van der Waals surface area contributed by atoms with Gasteiger partial charge < -0.3 is 15.4 Å².